The summed E-state index contributed by atoms with van der Waals surface area (Å²) in [6.07, 6.45) is 2.26. The van der Waals surface area contributed by atoms with Gasteiger partial charge in [0.05, 0.1) is 4.90 Å². The van der Waals surface area contributed by atoms with Crippen LogP contribution >= 0.6 is 11.6 Å². The van der Waals surface area contributed by atoms with E-state index in [9.17, 15) is 8.42 Å². The van der Waals surface area contributed by atoms with Gasteiger partial charge in [-0.3, -0.25) is 4.90 Å². The Bertz CT molecular complexity index is 775. The van der Waals surface area contributed by atoms with Crippen molar-refractivity contribution < 1.29 is 8.42 Å². The molecule has 1 aliphatic rings. The number of rotatable bonds is 6. The average Bonchev–Trinajstić information content (AvgIpc) is 3.12. The second-order valence-electron chi connectivity index (χ2n) is 5.95. The Labute approximate surface area is 148 Å². The molecule has 6 heteroatoms. The van der Waals surface area contributed by atoms with Crippen molar-refractivity contribution in [1.29, 1.82) is 0 Å². The lowest BCUT2D eigenvalue weighted by Crippen LogP contribution is -2.37. The van der Waals surface area contributed by atoms with Crippen LogP contribution in [0.25, 0.3) is 0 Å². The molecule has 4 nitrogen and oxygen atoms in total. The highest BCUT2D eigenvalue weighted by Crippen LogP contribution is 2.30. The Balaban J connectivity index is 1.81. The third kappa shape index (κ3) is 3.98. The molecule has 1 saturated heterocycles. The summed E-state index contributed by atoms with van der Waals surface area (Å²) < 4.78 is 27.8. The molecule has 1 N–H and O–H groups in total. The summed E-state index contributed by atoms with van der Waals surface area (Å²) in [5.41, 5.74) is 0.969. The van der Waals surface area contributed by atoms with Crippen molar-refractivity contribution in [2.45, 2.75) is 23.8 Å². The van der Waals surface area contributed by atoms with E-state index < -0.39 is 10.0 Å². The average molecular weight is 365 g/mol. The molecule has 1 aliphatic heterocycles. The lowest BCUT2D eigenvalue weighted by molar-refractivity contribution is 0.246. The molecule has 2 aromatic rings. The summed E-state index contributed by atoms with van der Waals surface area (Å²) in [5.74, 6) is 0. The zero-order valence-electron chi connectivity index (χ0n) is 13.4. The van der Waals surface area contributed by atoms with Crippen molar-refractivity contribution in [2.24, 2.45) is 0 Å². The zero-order chi connectivity index (χ0) is 17.0. The minimum absolute atomic E-state index is 0.0558. The fourth-order valence-corrected chi connectivity index (χ4v) is 4.43. The highest BCUT2D eigenvalue weighted by Gasteiger charge is 2.26. The lowest BCUT2D eigenvalue weighted by Gasteiger charge is -2.28. The van der Waals surface area contributed by atoms with E-state index in [1.807, 2.05) is 24.3 Å². The van der Waals surface area contributed by atoms with Crippen molar-refractivity contribution in [3.63, 3.8) is 0 Å². The fourth-order valence-electron chi connectivity index (χ4n) is 3.11. The molecule has 1 atom stereocenters. The van der Waals surface area contributed by atoms with Gasteiger partial charge in [0, 0.05) is 17.6 Å². The topological polar surface area (TPSA) is 49.4 Å². The summed E-state index contributed by atoms with van der Waals surface area (Å²) in [7, 11) is -3.53. The molecule has 0 aliphatic carbocycles. The highest BCUT2D eigenvalue weighted by atomic mass is 35.5. The number of hydrogen-bond donors (Lipinski definition) is 1. The molecule has 0 bridgehead atoms. The molecule has 128 valence electrons. The molecule has 0 aromatic heterocycles. The van der Waals surface area contributed by atoms with Crippen LogP contribution in [0.15, 0.2) is 59.5 Å². The minimum atomic E-state index is -3.53. The standard InChI is InChI=1S/C18H21ClN2O2S/c19-17-11-5-4-10-16(17)18(21-12-6-7-13-21)14-20-24(22,23)15-8-2-1-3-9-15/h1-5,8-11,18,20H,6-7,12-14H2. The third-order valence-corrected chi connectivity index (χ3v) is 6.15. The van der Waals surface area contributed by atoms with E-state index in [1.54, 1.807) is 30.3 Å². The normalized spacial score (nSPS) is 17.0. The molecule has 1 unspecified atom stereocenters. The molecule has 1 heterocycles. The predicted molar refractivity (Wildman–Crippen MR) is 96.6 cm³/mol. The molecule has 1 fully saturated rings. The largest absolute Gasteiger partial charge is 0.295 e. The van der Waals surface area contributed by atoms with Crippen molar-refractivity contribution >= 4 is 21.6 Å². The summed E-state index contributed by atoms with van der Waals surface area (Å²) in [6.45, 7) is 2.23. The predicted octanol–water partition coefficient (Wildman–Crippen LogP) is 3.46. The quantitative estimate of drug-likeness (QED) is 0.854. The molecule has 0 saturated carbocycles. The maximum Gasteiger partial charge on any atom is 0.240 e. The van der Waals surface area contributed by atoms with Crippen LogP contribution in [0.4, 0.5) is 0 Å². The SMILES string of the molecule is O=S(=O)(NCC(c1ccccc1Cl)N1CCCC1)c1ccccc1. The number of halogens is 1. The highest BCUT2D eigenvalue weighted by molar-refractivity contribution is 7.89. The summed E-state index contributed by atoms with van der Waals surface area (Å²) >= 11 is 6.36. The maximum atomic E-state index is 12.5. The molecule has 24 heavy (non-hydrogen) atoms. The van der Waals surface area contributed by atoms with Gasteiger partial charge in [-0.2, -0.15) is 0 Å². The molecule has 0 spiro atoms. The van der Waals surface area contributed by atoms with Crippen molar-refractivity contribution in [1.82, 2.24) is 9.62 Å². The van der Waals surface area contributed by atoms with Crippen molar-refractivity contribution in [3.8, 4) is 0 Å². The van der Waals surface area contributed by atoms with Gasteiger partial charge in [0.2, 0.25) is 10.0 Å². The van der Waals surface area contributed by atoms with Crippen molar-refractivity contribution in [2.75, 3.05) is 19.6 Å². The minimum Gasteiger partial charge on any atom is -0.295 e. The summed E-state index contributed by atoms with van der Waals surface area (Å²) in [5, 5.41) is 0.674. The van der Waals surface area contributed by atoms with Crippen molar-refractivity contribution in [3.05, 3.63) is 65.2 Å². The van der Waals surface area contributed by atoms with E-state index in [-0.39, 0.29) is 10.9 Å². The summed E-state index contributed by atoms with van der Waals surface area (Å²) in [4.78, 5) is 2.58. The number of likely N-dealkylation sites (tertiary alicyclic amines) is 1. The number of nitrogens with zero attached hydrogens (tertiary/aromatic N) is 1. The van der Waals surface area contributed by atoms with Crippen LogP contribution in [-0.2, 0) is 10.0 Å². The number of nitrogens with one attached hydrogen (secondary N) is 1. The Kier molecular flexibility index (Phi) is 5.56. The first-order valence-corrected chi connectivity index (χ1v) is 9.97. The first kappa shape index (κ1) is 17.4. The Morgan fingerprint density at radius 3 is 2.29 bits per heavy atom. The van der Waals surface area contributed by atoms with Crippen LogP contribution in [0.1, 0.15) is 24.4 Å². The Morgan fingerprint density at radius 1 is 1.00 bits per heavy atom. The fraction of sp³-hybridized carbons (Fsp3) is 0.333. The van der Waals surface area contributed by atoms with E-state index in [1.165, 1.54) is 0 Å². The number of sulfonamides is 1. The second-order valence-corrected chi connectivity index (χ2v) is 8.12. The maximum absolute atomic E-state index is 12.5. The molecule has 3 rings (SSSR count). The third-order valence-electron chi connectivity index (χ3n) is 4.37. The van der Waals surface area contributed by atoms with Gasteiger partial charge in [0.1, 0.15) is 0 Å². The van der Waals surface area contributed by atoms with Gasteiger partial charge in [-0.25, -0.2) is 13.1 Å². The van der Waals surface area contributed by atoms with E-state index in [0.717, 1.165) is 31.5 Å². The number of hydrogen-bond acceptors (Lipinski definition) is 3. The molecule has 0 amide bonds. The van der Waals surface area contributed by atoms with Crippen LogP contribution in [0.5, 0.6) is 0 Å². The zero-order valence-corrected chi connectivity index (χ0v) is 14.9. The first-order valence-electron chi connectivity index (χ1n) is 8.11. The molecule has 2 aromatic carbocycles. The van der Waals surface area contributed by atoms with Crippen LogP contribution in [0.2, 0.25) is 5.02 Å². The number of benzene rings is 2. The monoisotopic (exact) mass is 364 g/mol. The van der Waals surface area contributed by atoms with E-state index in [4.69, 9.17) is 11.6 Å². The van der Waals surface area contributed by atoms with Gasteiger partial charge in [0.15, 0.2) is 0 Å². The van der Waals surface area contributed by atoms with Gasteiger partial charge in [-0.15, -0.1) is 0 Å². The van der Waals surface area contributed by atoms with Gasteiger partial charge in [-0.1, -0.05) is 48.0 Å². The van der Waals surface area contributed by atoms with E-state index in [0.29, 0.717) is 11.6 Å². The first-order chi connectivity index (χ1) is 11.6. The van der Waals surface area contributed by atoms with Crippen LogP contribution in [0, 0.1) is 0 Å². The van der Waals surface area contributed by atoms with Crippen LogP contribution in [-0.4, -0.2) is 33.0 Å². The van der Waals surface area contributed by atoms with E-state index >= 15 is 0 Å². The van der Waals surface area contributed by atoms with Gasteiger partial charge < -0.3 is 0 Å². The van der Waals surface area contributed by atoms with Crippen LogP contribution < -0.4 is 4.72 Å². The van der Waals surface area contributed by atoms with Gasteiger partial charge >= 0.3 is 0 Å². The van der Waals surface area contributed by atoms with Gasteiger partial charge in [-0.05, 0) is 49.7 Å². The second kappa shape index (κ2) is 7.66. The van der Waals surface area contributed by atoms with E-state index in [2.05, 4.69) is 9.62 Å². The Hall–Kier alpha value is -1.40. The van der Waals surface area contributed by atoms with Gasteiger partial charge in [0.25, 0.3) is 0 Å². The molecular formula is C18H21ClN2O2S. The lowest BCUT2D eigenvalue weighted by atomic mass is 10.1. The smallest absolute Gasteiger partial charge is 0.240 e. The summed E-state index contributed by atoms with van der Waals surface area (Å²) in [6, 6.07) is 16.0. The molecular weight excluding hydrogens is 344 g/mol. The molecule has 0 radical (unpaired) electrons. The van der Waals surface area contributed by atoms with Crippen LogP contribution in [0.3, 0.4) is 0 Å². The Morgan fingerprint density at radius 2 is 1.62 bits per heavy atom.